The van der Waals surface area contributed by atoms with E-state index in [1.54, 1.807) is 66.7 Å². The molecule has 0 aromatic heterocycles. The van der Waals surface area contributed by atoms with E-state index in [9.17, 15) is 29.3 Å². The van der Waals surface area contributed by atoms with E-state index in [-0.39, 0.29) is 29.2 Å². The highest BCUT2D eigenvalue weighted by Crippen LogP contribution is 2.41. The van der Waals surface area contributed by atoms with E-state index in [1.165, 1.54) is 51.7 Å². The number of rotatable bonds is 12. The molecular formula is C35H30N4O9S. The zero-order chi connectivity index (χ0) is 35.1. The van der Waals surface area contributed by atoms with Crippen molar-refractivity contribution >= 4 is 58.5 Å². The summed E-state index contributed by atoms with van der Waals surface area (Å²) in [5.41, 5.74) is 1.09. The second-order valence-corrected chi connectivity index (χ2v) is 11.7. The molecule has 4 amide bonds. The number of ether oxygens (including phenoxy) is 3. The lowest BCUT2D eigenvalue weighted by atomic mass is 10.1. The Bertz CT molecular complexity index is 1950. The third-order valence-corrected chi connectivity index (χ3v) is 8.54. The molecule has 13 nitrogen and oxygen atoms in total. The second-order valence-electron chi connectivity index (χ2n) is 10.4. The summed E-state index contributed by atoms with van der Waals surface area (Å²) in [6.45, 7) is 0. The van der Waals surface area contributed by atoms with Crippen LogP contribution < -0.4 is 29.7 Å². The number of hydrogen-bond acceptors (Lipinski definition) is 10. The predicted molar refractivity (Wildman–Crippen MR) is 183 cm³/mol. The number of hydrogen-bond donors (Lipinski definition) is 2. The van der Waals surface area contributed by atoms with Gasteiger partial charge in [-0.1, -0.05) is 24.3 Å². The number of carbonyl (C=O) groups excluding carboxylic acids is 4. The van der Waals surface area contributed by atoms with E-state index in [4.69, 9.17) is 14.2 Å². The lowest BCUT2D eigenvalue weighted by Gasteiger charge is -2.16. The maximum Gasteiger partial charge on any atom is 0.272 e. The monoisotopic (exact) mass is 682 g/mol. The lowest BCUT2D eigenvalue weighted by molar-refractivity contribution is -0.384. The van der Waals surface area contributed by atoms with Gasteiger partial charge in [0.15, 0.2) is 11.5 Å². The first kappa shape index (κ1) is 34.2. The molecule has 1 unspecified atom stereocenters. The van der Waals surface area contributed by atoms with Crippen molar-refractivity contribution in [3.63, 3.8) is 0 Å². The maximum atomic E-state index is 13.7. The molecule has 2 N–H and O–H groups in total. The number of non-ortho nitro benzene ring substituents is 1. The number of methoxy groups -OCH3 is 3. The van der Waals surface area contributed by atoms with Gasteiger partial charge in [-0.2, -0.15) is 0 Å². The molecule has 0 aliphatic carbocycles. The molecule has 1 saturated heterocycles. The van der Waals surface area contributed by atoms with Gasteiger partial charge in [0.1, 0.15) is 5.70 Å². The maximum absolute atomic E-state index is 13.7. The fraction of sp³-hybridized carbons (Fsp3) is 0.143. The molecule has 250 valence electrons. The van der Waals surface area contributed by atoms with Gasteiger partial charge in [0.2, 0.25) is 17.6 Å². The average Bonchev–Trinajstić information content (AvgIpc) is 3.39. The lowest BCUT2D eigenvalue weighted by Crippen LogP contribution is -2.31. The Morgan fingerprint density at radius 1 is 0.898 bits per heavy atom. The number of nitro benzene ring substituents is 1. The highest BCUT2D eigenvalue weighted by Gasteiger charge is 2.40. The van der Waals surface area contributed by atoms with Crippen LogP contribution in [0.25, 0.3) is 6.08 Å². The molecule has 1 aliphatic rings. The van der Waals surface area contributed by atoms with E-state index in [2.05, 4.69) is 10.6 Å². The van der Waals surface area contributed by atoms with Crippen molar-refractivity contribution in [2.45, 2.75) is 16.6 Å². The minimum absolute atomic E-state index is 0.0807. The Kier molecular flexibility index (Phi) is 10.6. The summed E-state index contributed by atoms with van der Waals surface area (Å²) in [6, 6.07) is 23.5. The average molecular weight is 683 g/mol. The largest absolute Gasteiger partial charge is 0.493 e. The normalized spacial score (nSPS) is 14.3. The van der Waals surface area contributed by atoms with E-state index in [0.29, 0.717) is 33.2 Å². The molecular weight excluding hydrogens is 652 g/mol. The molecule has 4 aromatic rings. The van der Waals surface area contributed by atoms with Crippen LogP contribution in [0.5, 0.6) is 17.2 Å². The van der Waals surface area contributed by atoms with Gasteiger partial charge in [0.05, 0.1) is 37.2 Å². The molecule has 0 bridgehead atoms. The third kappa shape index (κ3) is 7.71. The standard InChI is InChI=1S/C35H30N4O9S/c1-46-28-17-12-22(31(47-2)32(28)48-3)18-27(37-33(41)21-8-5-4-6-9-21)34(42)36-23-10-7-11-26(19-23)49-29-20-30(40)38(35(29)43)24-13-15-25(16-14-24)39(44)45/h4-19,29H,20H2,1-3H3,(H,36,42)(H,37,41)/b27-18-. The van der Waals surface area contributed by atoms with Crippen molar-refractivity contribution in [3.05, 3.63) is 118 Å². The smallest absolute Gasteiger partial charge is 0.272 e. The van der Waals surface area contributed by atoms with Gasteiger partial charge in [-0.15, -0.1) is 11.8 Å². The van der Waals surface area contributed by atoms with Crippen LogP contribution in [0.3, 0.4) is 0 Å². The van der Waals surface area contributed by atoms with Gasteiger partial charge in [0, 0.05) is 40.3 Å². The number of anilines is 2. The van der Waals surface area contributed by atoms with E-state index in [0.717, 1.165) is 16.7 Å². The summed E-state index contributed by atoms with van der Waals surface area (Å²) >= 11 is 1.14. The van der Waals surface area contributed by atoms with E-state index < -0.39 is 33.8 Å². The number of carbonyl (C=O) groups is 4. The SMILES string of the molecule is COc1ccc(/C=C(\NC(=O)c2ccccc2)C(=O)Nc2cccc(SC3CC(=O)N(c4ccc([N+](=O)[O-])cc4)C3=O)c2)c(OC)c1OC. The van der Waals surface area contributed by atoms with Crippen LogP contribution in [-0.4, -0.2) is 55.1 Å². The minimum Gasteiger partial charge on any atom is -0.493 e. The van der Waals surface area contributed by atoms with Crippen LogP contribution in [0.1, 0.15) is 22.3 Å². The molecule has 49 heavy (non-hydrogen) atoms. The predicted octanol–water partition coefficient (Wildman–Crippen LogP) is 5.45. The van der Waals surface area contributed by atoms with Crippen LogP contribution in [0.4, 0.5) is 17.1 Å². The number of benzene rings is 4. The summed E-state index contributed by atoms with van der Waals surface area (Å²) in [6.07, 6.45) is 1.37. The van der Waals surface area contributed by atoms with Crippen LogP contribution in [-0.2, 0) is 14.4 Å². The summed E-state index contributed by atoms with van der Waals surface area (Å²) in [4.78, 5) is 65.0. The molecule has 1 atom stereocenters. The Hall–Kier alpha value is -6.15. The van der Waals surface area contributed by atoms with Crippen molar-refractivity contribution in [3.8, 4) is 17.2 Å². The van der Waals surface area contributed by atoms with Crippen LogP contribution >= 0.6 is 11.8 Å². The zero-order valence-electron chi connectivity index (χ0n) is 26.5. The molecule has 4 aromatic carbocycles. The molecule has 0 spiro atoms. The quantitative estimate of drug-likeness (QED) is 0.0849. The van der Waals surface area contributed by atoms with Crippen molar-refractivity contribution in [2.24, 2.45) is 0 Å². The van der Waals surface area contributed by atoms with Crippen molar-refractivity contribution < 1.29 is 38.3 Å². The molecule has 1 heterocycles. The topological polar surface area (TPSA) is 166 Å². The summed E-state index contributed by atoms with van der Waals surface area (Å²) in [7, 11) is 4.37. The van der Waals surface area contributed by atoms with E-state index in [1.807, 2.05) is 0 Å². The third-order valence-electron chi connectivity index (χ3n) is 7.36. The Morgan fingerprint density at radius 3 is 2.27 bits per heavy atom. The summed E-state index contributed by atoms with van der Waals surface area (Å²) in [5, 5.41) is 15.7. The van der Waals surface area contributed by atoms with Crippen LogP contribution in [0.15, 0.2) is 102 Å². The second kappa shape index (κ2) is 15.2. The molecule has 1 fully saturated rings. The highest BCUT2D eigenvalue weighted by atomic mass is 32.2. The van der Waals surface area contributed by atoms with Crippen LogP contribution in [0.2, 0.25) is 0 Å². The first-order valence-electron chi connectivity index (χ1n) is 14.7. The molecule has 0 saturated carbocycles. The van der Waals surface area contributed by atoms with Crippen molar-refractivity contribution in [1.29, 1.82) is 0 Å². The Labute approximate surface area is 285 Å². The number of imide groups is 1. The van der Waals surface area contributed by atoms with E-state index >= 15 is 0 Å². The van der Waals surface area contributed by atoms with Gasteiger partial charge in [0.25, 0.3) is 17.5 Å². The van der Waals surface area contributed by atoms with Crippen molar-refractivity contribution in [2.75, 3.05) is 31.5 Å². The molecule has 0 radical (unpaired) electrons. The first-order valence-corrected chi connectivity index (χ1v) is 15.6. The summed E-state index contributed by atoms with van der Waals surface area (Å²) in [5.74, 6) is -1.09. The molecule has 5 rings (SSSR count). The number of thioether (sulfide) groups is 1. The summed E-state index contributed by atoms with van der Waals surface area (Å²) < 4.78 is 16.4. The zero-order valence-corrected chi connectivity index (χ0v) is 27.3. The number of amides is 4. The number of nitro groups is 1. The van der Waals surface area contributed by atoms with Gasteiger partial charge in [-0.05, 0) is 60.7 Å². The Balaban J connectivity index is 1.38. The molecule has 1 aliphatic heterocycles. The number of nitrogens with one attached hydrogen (secondary N) is 2. The van der Waals surface area contributed by atoms with Crippen molar-refractivity contribution in [1.82, 2.24) is 5.32 Å². The minimum atomic E-state index is -0.758. The fourth-order valence-electron chi connectivity index (χ4n) is 5.04. The van der Waals surface area contributed by atoms with Crippen LogP contribution in [0, 0.1) is 10.1 Å². The Morgan fingerprint density at radius 2 is 1.61 bits per heavy atom. The fourth-order valence-corrected chi connectivity index (χ4v) is 6.15. The molecule has 14 heteroatoms. The van der Waals surface area contributed by atoms with Gasteiger partial charge >= 0.3 is 0 Å². The van der Waals surface area contributed by atoms with Gasteiger partial charge in [-0.3, -0.25) is 29.3 Å². The first-order chi connectivity index (χ1) is 23.6. The highest BCUT2D eigenvalue weighted by molar-refractivity contribution is 8.00. The van der Waals surface area contributed by atoms with Gasteiger partial charge in [-0.25, -0.2) is 4.90 Å². The number of nitrogens with zero attached hydrogens (tertiary/aromatic N) is 2. The van der Waals surface area contributed by atoms with Gasteiger partial charge < -0.3 is 24.8 Å².